The third kappa shape index (κ3) is 2.56. The Morgan fingerprint density at radius 2 is 2.28 bits per heavy atom. The first kappa shape index (κ1) is 12.1. The zero-order valence-corrected chi connectivity index (χ0v) is 11.8. The third-order valence-electron chi connectivity index (χ3n) is 2.95. The highest BCUT2D eigenvalue weighted by Gasteiger charge is 2.22. The van der Waals surface area contributed by atoms with Crippen molar-refractivity contribution in [3.05, 3.63) is 39.7 Å². The molecule has 0 bridgehead atoms. The fourth-order valence-electron chi connectivity index (χ4n) is 1.82. The summed E-state index contributed by atoms with van der Waals surface area (Å²) >= 11 is 2.11. The predicted molar refractivity (Wildman–Crippen MR) is 74.5 cm³/mol. The van der Waals surface area contributed by atoms with Crippen molar-refractivity contribution in [3.8, 4) is 11.3 Å². The van der Waals surface area contributed by atoms with Crippen LogP contribution in [0.15, 0.2) is 29.0 Å². The van der Waals surface area contributed by atoms with Crippen molar-refractivity contribution in [1.29, 1.82) is 0 Å². The van der Waals surface area contributed by atoms with E-state index in [-0.39, 0.29) is 5.82 Å². The van der Waals surface area contributed by atoms with Crippen molar-refractivity contribution in [2.75, 3.05) is 0 Å². The van der Waals surface area contributed by atoms with E-state index in [2.05, 4.69) is 32.9 Å². The molecule has 1 N–H and O–H groups in total. The Balaban J connectivity index is 1.88. The van der Waals surface area contributed by atoms with Crippen molar-refractivity contribution < 1.29 is 8.81 Å². The maximum atomic E-state index is 13.1. The molecule has 1 aliphatic carbocycles. The predicted octanol–water partition coefficient (Wildman–Crippen LogP) is 3.34. The Hall–Kier alpha value is -0.950. The van der Waals surface area contributed by atoms with Crippen LogP contribution in [0.1, 0.15) is 18.5 Å². The van der Waals surface area contributed by atoms with Crippen LogP contribution >= 0.6 is 22.6 Å². The molecule has 1 aliphatic rings. The van der Waals surface area contributed by atoms with Gasteiger partial charge in [0, 0.05) is 21.7 Å². The summed E-state index contributed by atoms with van der Waals surface area (Å²) in [5.74, 6) is 0.493. The van der Waals surface area contributed by atoms with E-state index in [1.54, 1.807) is 6.07 Å². The smallest absolute Gasteiger partial charge is 0.181 e. The van der Waals surface area contributed by atoms with Crippen LogP contribution in [0, 0.1) is 9.39 Å². The molecule has 1 aromatic carbocycles. The maximum Gasteiger partial charge on any atom is 0.181 e. The van der Waals surface area contributed by atoms with Crippen molar-refractivity contribution in [3.63, 3.8) is 0 Å². The SMILES string of the molecule is Fc1ccc(-c2ocnc2CNC2CC2)c(I)c1. The van der Waals surface area contributed by atoms with Crippen LogP contribution in [0.5, 0.6) is 0 Å². The molecule has 0 unspecified atom stereocenters. The first-order valence-corrected chi connectivity index (χ1v) is 6.93. The van der Waals surface area contributed by atoms with Crippen molar-refractivity contribution in [1.82, 2.24) is 10.3 Å². The molecule has 0 radical (unpaired) electrons. The first-order valence-electron chi connectivity index (χ1n) is 5.85. The molecule has 0 spiro atoms. The van der Waals surface area contributed by atoms with Gasteiger partial charge in [0.05, 0.1) is 0 Å². The van der Waals surface area contributed by atoms with E-state index in [0.29, 0.717) is 12.6 Å². The summed E-state index contributed by atoms with van der Waals surface area (Å²) in [6, 6.07) is 5.30. The monoisotopic (exact) mass is 358 g/mol. The number of oxazole rings is 1. The topological polar surface area (TPSA) is 38.1 Å². The minimum atomic E-state index is -0.236. The van der Waals surface area contributed by atoms with Gasteiger partial charge in [-0.2, -0.15) is 0 Å². The molecule has 3 nitrogen and oxygen atoms in total. The zero-order valence-electron chi connectivity index (χ0n) is 9.62. The van der Waals surface area contributed by atoms with E-state index in [9.17, 15) is 4.39 Å². The molecule has 5 heteroatoms. The van der Waals surface area contributed by atoms with E-state index in [1.165, 1.54) is 31.4 Å². The summed E-state index contributed by atoms with van der Waals surface area (Å²) in [4.78, 5) is 4.23. The molecule has 1 saturated carbocycles. The molecule has 1 heterocycles. The van der Waals surface area contributed by atoms with Crippen molar-refractivity contribution >= 4 is 22.6 Å². The molecule has 0 aliphatic heterocycles. The molecular weight excluding hydrogens is 346 g/mol. The molecule has 1 aromatic heterocycles. The van der Waals surface area contributed by atoms with Gasteiger partial charge in [-0.3, -0.25) is 0 Å². The van der Waals surface area contributed by atoms with Crippen LogP contribution in [0.3, 0.4) is 0 Å². The number of rotatable bonds is 4. The van der Waals surface area contributed by atoms with Gasteiger partial charge in [-0.25, -0.2) is 9.37 Å². The lowest BCUT2D eigenvalue weighted by Gasteiger charge is -2.05. The van der Waals surface area contributed by atoms with Gasteiger partial charge in [0.1, 0.15) is 11.5 Å². The fraction of sp³-hybridized carbons (Fsp3) is 0.308. The lowest BCUT2D eigenvalue weighted by molar-refractivity contribution is 0.568. The second-order valence-electron chi connectivity index (χ2n) is 4.41. The van der Waals surface area contributed by atoms with E-state index >= 15 is 0 Å². The summed E-state index contributed by atoms with van der Waals surface area (Å²) < 4.78 is 19.4. The lowest BCUT2D eigenvalue weighted by Crippen LogP contribution is -2.16. The second-order valence-corrected chi connectivity index (χ2v) is 5.57. The average molecular weight is 358 g/mol. The maximum absolute atomic E-state index is 13.1. The summed E-state index contributed by atoms with van der Waals surface area (Å²) in [7, 11) is 0. The largest absolute Gasteiger partial charge is 0.443 e. The molecule has 2 aromatic rings. The molecule has 3 rings (SSSR count). The van der Waals surface area contributed by atoms with Crippen LogP contribution in [-0.2, 0) is 6.54 Å². The van der Waals surface area contributed by atoms with Gasteiger partial charge in [0.25, 0.3) is 0 Å². The number of halogens is 2. The van der Waals surface area contributed by atoms with Crippen molar-refractivity contribution in [2.45, 2.75) is 25.4 Å². The van der Waals surface area contributed by atoms with Gasteiger partial charge in [0.2, 0.25) is 0 Å². The number of aromatic nitrogens is 1. The molecule has 0 amide bonds. The Morgan fingerprint density at radius 3 is 3.00 bits per heavy atom. The van der Waals surface area contributed by atoms with Gasteiger partial charge < -0.3 is 9.73 Å². The highest BCUT2D eigenvalue weighted by atomic mass is 127. The fourth-order valence-corrected chi connectivity index (χ4v) is 2.54. The van der Waals surface area contributed by atoms with Gasteiger partial charge >= 0.3 is 0 Å². The molecule has 1 fully saturated rings. The highest BCUT2D eigenvalue weighted by molar-refractivity contribution is 14.1. The van der Waals surface area contributed by atoms with Crippen LogP contribution in [0.4, 0.5) is 4.39 Å². The number of nitrogens with one attached hydrogen (secondary N) is 1. The van der Waals surface area contributed by atoms with Crippen LogP contribution < -0.4 is 5.32 Å². The minimum Gasteiger partial charge on any atom is -0.443 e. The summed E-state index contributed by atoms with van der Waals surface area (Å²) in [5, 5.41) is 3.40. The number of benzene rings is 1. The average Bonchev–Trinajstić information content (AvgIpc) is 3.06. The van der Waals surface area contributed by atoms with Crippen molar-refractivity contribution in [2.24, 2.45) is 0 Å². The Labute approximate surface area is 118 Å². The molecular formula is C13H12FIN2O. The highest BCUT2D eigenvalue weighted by Crippen LogP contribution is 2.29. The van der Waals surface area contributed by atoms with E-state index < -0.39 is 0 Å². The number of hydrogen-bond donors (Lipinski definition) is 1. The molecule has 94 valence electrons. The van der Waals surface area contributed by atoms with E-state index in [0.717, 1.165) is 20.6 Å². The van der Waals surface area contributed by atoms with Crippen LogP contribution in [0.25, 0.3) is 11.3 Å². The van der Waals surface area contributed by atoms with Gasteiger partial charge in [0.15, 0.2) is 12.2 Å². The van der Waals surface area contributed by atoms with Gasteiger partial charge in [-0.15, -0.1) is 0 Å². The molecule has 0 atom stereocenters. The lowest BCUT2D eigenvalue weighted by atomic mass is 10.1. The number of nitrogens with zero attached hydrogens (tertiary/aromatic N) is 1. The molecule has 0 saturated heterocycles. The molecule has 18 heavy (non-hydrogen) atoms. The second kappa shape index (κ2) is 4.97. The summed E-state index contributed by atoms with van der Waals surface area (Å²) in [6.07, 6.45) is 3.92. The summed E-state index contributed by atoms with van der Waals surface area (Å²) in [5.41, 5.74) is 1.77. The Bertz CT molecular complexity index is 566. The van der Waals surface area contributed by atoms with Crippen LogP contribution in [0.2, 0.25) is 0 Å². The first-order chi connectivity index (χ1) is 8.74. The Morgan fingerprint density at radius 1 is 1.44 bits per heavy atom. The third-order valence-corrected chi connectivity index (χ3v) is 3.84. The zero-order chi connectivity index (χ0) is 12.5. The van der Waals surface area contributed by atoms with Gasteiger partial charge in [-0.1, -0.05) is 0 Å². The normalized spacial score (nSPS) is 15.0. The standard InChI is InChI=1S/C13H12FIN2O/c14-8-1-4-10(11(15)5-8)13-12(17-7-18-13)6-16-9-2-3-9/h1,4-5,7,9,16H,2-3,6H2. The van der Waals surface area contributed by atoms with Gasteiger partial charge in [-0.05, 0) is 53.6 Å². The van der Waals surface area contributed by atoms with E-state index in [4.69, 9.17) is 4.42 Å². The summed E-state index contributed by atoms with van der Waals surface area (Å²) in [6.45, 7) is 0.698. The van der Waals surface area contributed by atoms with Crippen LogP contribution in [-0.4, -0.2) is 11.0 Å². The Kier molecular flexibility index (Phi) is 3.34. The quantitative estimate of drug-likeness (QED) is 0.852. The van der Waals surface area contributed by atoms with E-state index in [1.807, 2.05) is 0 Å². The number of hydrogen-bond acceptors (Lipinski definition) is 3. The minimum absolute atomic E-state index is 0.236.